The number of alkyl carbamates (subject to hydrolysis) is 1. The van der Waals surface area contributed by atoms with Gasteiger partial charge in [0.05, 0.1) is 18.6 Å². The van der Waals surface area contributed by atoms with E-state index in [1.54, 1.807) is 6.33 Å². The molecule has 4 rings (SSSR count). The van der Waals surface area contributed by atoms with Gasteiger partial charge in [-0.2, -0.15) is 0 Å². The summed E-state index contributed by atoms with van der Waals surface area (Å²) in [5.74, 6) is 0.0557. The summed E-state index contributed by atoms with van der Waals surface area (Å²) >= 11 is 0. The molecule has 1 aromatic heterocycles. The number of hydrogen-bond acceptors (Lipinski definition) is 5. The van der Waals surface area contributed by atoms with E-state index in [0.29, 0.717) is 32.5 Å². The monoisotopic (exact) mass is 305 g/mol. The van der Waals surface area contributed by atoms with E-state index < -0.39 is 5.60 Å². The Morgan fingerprint density at radius 3 is 2.95 bits per heavy atom. The zero-order valence-corrected chi connectivity index (χ0v) is 12.2. The molecular weight excluding hydrogens is 286 g/mol. The van der Waals surface area contributed by atoms with E-state index in [1.165, 1.54) is 0 Å². The van der Waals surface area contributed by atoms with E-state index in [1.807, 2.05) is 4.90 Å². The normalized spacial score (nSPS) is 26.5. The van der Waals surface area contributed by atoms with Crippen LogP contribution in [0.15, 0.2) is 6.33 Å². The van der Waals surface area contributed by atoms with Crippen LogP contribution in [0.1, 0.15) is 30.3 Å². The van der Waals surface area contributed by atoms with Gasteiger partial charge < -0.3 is 25.3 Å². The second kappa shape index (κ2) is 4.98. The van der Waals surface area contributed by atoms with Crippen LogP contribution in [0, 0.1) is 0 Å². The van der Waals surface area contributed by atoms with Crippen molar-refractivity contribution in [1.82, 2.24) is 25.5 Å². The van der Waals surface area contributed by atoms with Crippen LogP contribution >= 0.6 is 0 Å². The average molecular weight is 305 g/mol. The van der Waals surface area contributed by atoms with E-state index in [-0.39, 0.29) is 18.0 Å². The lowest BCUT2D eigenvalue weighted by atomic mass is 9.91. The number of rotatable bonds is 1. The summed E-state index contributed by atoms with van der Waals surface area (Å²) in [7, 11) is 0. The molecule has 0 aromatic carbocycles. The van der Waals surface area contributed by atoms with Crippen molar-refractivity contribution in [3.8, 4) is 0 Å². The number of carbonyl (C=O) groups excluding carboxylic acids is 2. The minimum atomic E-state index is -0.425. The number of aromatic amines is 1. The minimum absolute atomic E-state index is 0.0557. The number of carbonyl (C=O) groups is 2. The molecule has 2 saturated heterocycles. The summed E-state index contributed by atoms with van der Waals surface area (Å²) in [5.41, 5.74) is 1.43. The molecule has 0 radical (unpaired) electrons. The fourth-order valence-electron chi connectivity index (χ4n) is 3.52. The smallest absolute Gasteiger partial charge is 0.407 e. The zero-order chi connectivity index (χ0) is 15.2. The van der Waals surface area contributed by atoms with Crippen LogP contribution < -0.4 is 10.6 Å². The molecular formula is C14H19N5O3. The molecule has 0 bridgehead atoms. The van der Waals surface area contributed by atoms with Gasteiger partial charge in [0.1, 0.15) is 11.6 Å². The first-order valence-corrected chi connectivity index (χ1v) is 7.68. The number of H-pyrrole nitrogens is 1. The van der Waals surface area contributed by atoms with Crippen molar-refractivity contribution >= 4 is 12.0 Å². The molecule has 8 heteroatoms. The number of nitrogens with one attached hydrogen (secondary N) is 3. The number of ether oxygens (including phenoxy) is 1. The highest BCUT2D eigenvalue weighted by Crippen LogP contribution is 2.31. The number of amides is 2. The highest BCUT2D eigenvalue weighted by atomic mass is 16.6. The van der Waals surface area contributed by atoms with Gasteiger partial charge in [0.15, 0.2) is 0 Å². The molecule has 1 aromatic rings. The molecule has 3 aliphatic rings. The molecule has 3 N–H and O–H groups in total. The first-order chi connectivity index (χ1) is 10.7. The van der Waals surface area contributed by atoms with E-state index in [0.717, 1.165) is 24.4 Å². The van der Waals surface area contributed by atoms with Gasteiger partial charge >= 0.3 is 6.09 Å². The predicted molar refractivity (Wildman–Crippen MR) is 76.1 cm³/mol. The minimum Gasteiger partial charge on any atom is -0.441 e. The zero-order valence-electron chi connectivity index (χ0n) is 12.2. The maximum atomic E-state index is 12.8. The van der Waals surface area contributed by atoms with Crippen LogP contribution in [-0.4, -0.2) is 58.6 Å². The number of likely N-dealkylation sites (tertiary alicyclic amines) is 1. The van der Waals surface area contributed by atoms with Crippen molar-refractivity contribution in [1.29, 1.82) is 0 Å². The van der Waals surface area contributed by atoms with Gasteiger partial charge in [0.25, 0.3) is 0 Å². The summed E-state index contributed by atoms with van der Waals surface area (Å²) in [6, 6.07) is -0.367. The molecule has 2 amide bonds. The van der Waals surface area contributed by atoms with Crippen LogP contribution in [0.3, 0.4) is 0 Å². The Balaban J connectivity index is 1.44. The standard InChI is InChI=1S/C14H19N5O3/c20-12(11-10-9(1-4-15-11)17-8-18-10)19-5-2-14(3-6-19)7-16-13(21)22-14/h8,11,15H,1-7H2,(H,16,21)(H,17,18). The van der Waals surface area contributed by atoms with Gasteiger partial charge in [0.2, 0.25) is 5.91 Å². The molecule has 0 saturated carbocycles. The molecule has 1 atom stereocenters. The maximum absolute atomic E-state index is 12.8. The third-order valence-corrected chi connectivity index (χ3v) is 4.85. The largest absolute Gasteiger partial charge is 0.441 e. The first kappa shape index (κ1) is 13.6. The van der Waals surface area contributed by atoms with Crippen LogP contribution in [0.5, 0.6) is 0 Å². The van der Waals surface area contributed by atoms with Crippen molar-refractivity contribution in [2.24, 2.45) is 0 Å². The lowest BCUT2D eigenvalue weighted by Gasteiger charge is -2.38. The van der Waals surface area contributed by atoms with Crippen molar-refractivity contribution in [2.75, 3.05) is 26.2 Å². The Hall–Kier alpha value is -2.09. The molecule has 0 aliphatic carbocycles. The Morgan fingerprint density at radius 2 is 2.23 bits per heavy atom. The van der Waals surface area contributed by atoms with Crippen molar-refractivity contribution < 1.29 is 14.3 Å². The van der Waals surface area contributed by atoms with E-state index in [9.17, 15) is 9.59 Å². The molecule has 118 valence electrons. The molecule has 3 aliphatic heterocycles. The molecule has 2 fully saturated rings. The first-order valence-electron chi connectivity index (χ1n) is 7.68. The molecule has 22 heavy (non-hydrogen) atoms. The SMILES string of the molecule is O=C1NCC2(CCN(C(=O)C3NCCc4[nH]cnc43)CC2)O1. The number of hydrogen-bond donors (Lipinski definition) is 3. The van der Waals surface area contributed by atoms with Gasteiger partial charge in [-0.3, -0.25) is 4.79 Å². The van der Waals surface area contributed by atoms with Gasteiger partial charge in [-0.05, 0) is 0 Å². The van der Waals surface area contributed by atoms with Gasteiger partial charge in [-0.15, -0.1) is 0 Å². The maximum Gasteiger partial charge on any atom is 0.407 e. The Morgan fingerprint density at radius 1 is 1.41 bits per heavy atom. The van der Waals surface area contributed by atoms with Gasteiger partial charge in [-0.1, -0.05) is 0 Å². The van der Waals surface area contributed by atoms with Gasteiger partial charge in [0, 0.05) is 44.6 Å². The highest BCUT2D eigenvalue weighted by Gasteiger charge is 2.44. The van der Waals surface area contributed by atoms with E-state index >= 15 is 0 Å². The molecule has 1 unspecified atom stereocenters. The Labute approximate surface area is 127 Å². The summed E-state index contributed by atoms with van der Waals surface area (Å²) < 4.78 is 5.39. The summed E-state index contributed by atoms with van der Waals surface area (Å²) in [6.07, 6.45) is 3.51. The fraction of sp³-hybridized carbons (Fsp3) is 0.643. The third-order valence-electron chi connectivity index (χ3n) is 4.85. The quantitative estimate of drug-likeness (QED) is 0.661. The van der Waals surface area contributed by atoms with E-state index in [2.05, 4.69) is 20.6 Å². The third kappa shape index (κ3) is 2.14. The summed E-state index contributed by atoms with van der Waals surface area (Å²) in [5, 5.41) is 5.96. The van der Waals surface area contributed by atoms with E-state index in [4.69, 9.17) is 4.74 Å². The van der Waals surface area contributed by atoms with Crippen molar-refractivity contribution in [3.05, 3.63) is 17.7 Å². The number of fused-ring (bicyclic) bond motifs is 1. The summed E-state index contributed by atoms with van der Waals surface area (Å²) in [4.78, 5) is 33.3. The topological polar surface area (TPSA) is 99.4 Å². The molecule has 4 heterocycles. The fourth-order valence-corrected chi connectivity index (χ4v) is 3.52. The van der Waals surface area contributed by atoms with Crippen LogP contribution in [-0.2, 0) is 16.0 Å². The number of nitrogens with zero attached hydrogens (tertiary/aromatic N) is 2. The average Bonchev–Trinajstić information content (AvgIpc) is 3.14. The van der Waals surface area contributed by atoms with Crippen LogP contribution in [0.2, 0.25) is 0 Å². The highest BCUT2D eigenvalue weighted by molar-refractivity contribution is 5.83. The summed E-state index contributed by atoms with van der Waals surface area (Å²) in [6.45, 7) is 2.52. The predicted octanol–water partition coefficient (Wildman–Crippen LogP) is -0.302. The van der Waals surface area contributed by atoms with Crippen LogP contribution in [0.4, 0.5) is 4.79 Å². The second-order valence-electron chi connectivity index (χ2n) is 6.15. The second-order valence-corrected chi connectivity index (χ2v) is 6.15. The lowest BCUT2D eigenvalue weighted by Crippen LogP contribution is -2.51. The number of imidazole rings is 1. The van der Waals surface area contributed by atoms with Crippen LogP contribution in [0.25, 0.3) is 0 Å². The molecule has 8 nitrogen and oxygen atoms in total. The lowest BCUT2D eigenvalue weighted by molar-refractivity contribution is -0.137. The Kier molecular flexibility index (Phi) is 3.07. The molecule has 1 spiro atoms. The van der Waals surface area contributed by atoms with Gasteiger partial charge in [-0.25, -0.2) is 9.78 Å². The van der Waals surface area contributed by atoms with Crippen molar-refractivity contribution in [3.63, 3.8) is 0 Å². The Bertz CT molecular complexity index is 605. The number of aromatic nitrogens is 2. The number of piperidine rings is 1. The van der Waals surface area contributed by atoms with Crippen molar-refractivity contribution in [2.45, 2.75) is 30.9 Å².